The van der Waals surface area contributed by atoms with Crippen LogP contribution in [0.1, 0.15) is 5.56 Å². The Labute approximate surface area is 96.1 Å². The van der Waals surface area contributed by atoms with Gasteiger partial charge in [0, 0.05) is 21.6 Å². The van der Waals surface area contributed by atoms with Gasteiger partial charge in [-0.05, 0) is 17.7 Å². The molecule has 14 heavy (non-hydrogen) atoms. The summed E-state index contributed by atoms with van der Waals surface area (Å²) in [5.41, 5.74) is 0.855. The molecule has 0 N–H and O–H groups in total. The number of rotatable bonds is 3. The van der Waals surface area contributed by atoms with Crippen molar-refractivity contribution in [1.82, 2.24) is 0 Å². The maximum Gasteiger partial charge on any atom is 0.257 e. The SMILES string of the molecule is C=C(Cc1cccc(Br)c1)S(=O)(=O)Cl. The van der Waals surface area contributed by atoms with Gasteiger partial charge in [-0.15, -0.1) is 0 Å². The van der Waals surface area contributed by atoms with E-state index in [1.165, 1.54) is 0 Å². The minimum absolute atomic E-state index is 0.0114. The molecule has 76 valence electrons. The van der Waals surface area contributed by atoms with Crippen molar-refractivity contribution in [2.24, 2.45) is 0 Å². The van der Waals surface area contributed by atoms with Crippen molar-refractivity contribution in [1.29, 1.82) is 0 Å². The number of hydrogen-bond acceptors (Lipinski definition) is 2. The Morgan fingerprint density at radius 2 is 2.14 bits per heavy atom. The lowest BCUT2D eigenvalue weighted by atomic mass is 10.1. The molecule has 0 heterocycles. The summed E-state index contributed by atoms with van der Waals surface area (Å²) in [6, 6.07) is 7.33. The number of hydrogen-bond donors (Lipinski definition) is 0. The van der Waals surface area contributed by atoms with E-state index in [2.05, 4.69) is 22.5 Å². The second-order valence-corrected chi connectivity index (χ2v) is 6.37. The van der Waals surface area contributed by atoms with Crippen LogP contribution in [0, 0.1) is 0 Å². The van der Waals surface area contributed by atoms with E-state index in [0.29, 0.717) is 0 Å². The molecule has 0 spiro atoms. The van der Waals surface area contributed by atoms with Crippen LogP contribution in [0.4, 0.5) is 0 Å². The molecule has 0 aliphatic rings. The Balaban J connectivity index is 2.86. The van der Waals surface area contributed by atoms with Gasteiger partial charge in [-0.2, -0.15) is 0 Å². The molecule has 0 saturated carbocycles. The molecule has 0 aliphatic heterocycles. The molecule has 0 amide bonds. The van der Waals surface area contributed by atoms with E-state index in [9.17, 15) is 8.42 Å². The van der Waals surface area contributed by atoms with Gasteiger partial charge in [0.1, 0.15) is 0 Å². The fourth-order valence-electron chi connectivity index (χ4n) is 0.961. The second-order valence-electron chi connectivity index (χ2n) is 2.78. The summed E-state index contributed by atoms with van der Waals surface area (Å²) in [7, 11) is 1.48. The molecule has 0 unspecified atom stereocenters. The topological polar surface area (TPSA) is 34.1 Å². The Bertz CT molecular complexity index is 454. The highest BCUT2D eigenvalue weighted by Crippen LogP contribution is 2.18. The lowest BCUT2D eigenvalue weighted by Crippen LogP contribution is -1.97. The number of allylic oxidation sites excluding steroid dienone is 1. The zero-order valence-corrected chi connectivity index (χ0v) is 10.4. The summed E-state index contributed by atoms with van der Waals surface area (Å²) in [5, 5.41) is 0. The van der Waals surface area contributed by atoms with Crippen molar-refractivity contribution in [3.05, 3.63) is 45.8 Å². The molecule has 0 aliphatic carbocycles. The standard InChI is InChI=1S/C9H8BrClO2S/c1-7(14(11,12)13)5-8-3-2-4-9(10)6-8/h2-4,6H,1,5H2. The Hall–Kier alpha value is -0.320. The number of benzene rings is 1. The minimum atomic E-state index is -3.65. The van der Waals surface area contributed by atoms with Crippen LogP contribution in [0.15, 0.2) is 40.2 Å². The van der Waals surface area contributed by atoms with Crippen molar-refractivity contribution in [2.45, 2.75) is 6.42 Å². The Morgan fingerprint density at radius 3 is 2.64 bits per heavy atom. The van der Waals surface area contributed by atoms with Crippen LogP contribution in [0.3, 0.4) is 0 Å². The van der Waals surface area contributed by atoms with Crippen LogP contribution >= 0.6 is 26.6 Å². The highest BCUT2D eigenvalue weighted by molar-refractivity contribution is 9.10. The van der Waals surface area contributed by atoms with Gasteiger partial charge in [0.05, 0.1) is 4.91 Å². The van der Waals surface area contributed by atoms with Crippen molar-refractivity contribution >= 4 is 35.7 Å². The van der Waals surface area contributed by atoms with Crippen LogP contribution < -0.4 is 0 Å². The molecule has 0 aromatic heterocycles. The van der Waals surface area contributed by atoms with Crippen LogP contribution in [0.2, 0.25) is 0 Å². The average molecular weight is 296 g/mol. The average Bonchev–Trinajstić information content (AvgIpc) is 2.02. The van der Waals surface area contributed by atoms with Gasteiger partial charge in [0.15, 0.2) is 0 Å². The van der Waals surface area contributed by atoms with Gasteiger partial charge in [-0.25, -0.2) is 8.42 Å². The van der Waals surface area contributed by atoms with Gasteiger partial charge in [0.25, 0.3) is 9.05 Å². The van der Waals surface area contributed by atoms with Crippen molar-refractivity contribution in [2.75, 3.05) is 0 Å². The molecule has 5 heteroatoms. The van der Waals surface area contributed by atoms with E-state index in [-0.39, 0.29) is 11.3 Å². The van der Waals surface area contributed by atoms with Gasteiger partial charge < -0.3 is 0 Å². The van der Waals surface area contributed by atoms with E-state index >= 15 is 0 Å². The first kappa shape index (κ1) is 11.8. The molecule has 0 bridgehead atoms. The summed E-state index contributed by atoms with van der Waals surface area (Å²) < 4.78 is 22.6. The molecule has 0 fully saturated rings. The van der Waals surface area contributed by atoms with Crippen LogP contribution in [-0.2, 0) is 15.5 Å². The first-order valence-corrected chi connectivity index (χ1v) is 6.87. The Kier molecular flexibility index (Phi) is 3.75. The molecule has 0 saturated heterocycles. The molecule has 1 aromatic carbocycles. The summed E-state index contributed by atoms with van der Waals surface area (Å²) in [6.45, 7) is 3.42. The monoisotopic (exact) mass is 294 g/mol. The smallest absolute Gasteiger partial charge is 0.207 e. The van der Waals surface area contributed by atoms with Gasteiger partial charge in [-0.3, -0.25) is 0 Å². The first-order valence-electron chi connectivity index (χ1n) is 3.76. The van der Waals surface area contributed by atoms with E-state index < -0.39 is 9.05 Å². The van der Waals surface area contributed by atoms with E-state index in [0.717, 1.165) is 10.0 Å². The van der Waals surface area contributed by atoms with Crippen LogP contribution in [-0.4, -0.2) is 8.42 Å². The largest absolute Gasteiger partial charge is 0.257 e. The van der Waals surface area contributed by atoms with Gasteiger partial charge in [-0.1, -0.05) is 34.6 Å². The van der Waals surface area contributed by atoms with Crippen LogP contribution in [0.5, 0.6) is 0 Å². The molecule has 0 radical (unpaired) electrons. The quantitative estimate of drug-likeness (QED) is 0.803. The first-order chi connectivity index (χ1) is 6.39. The van der Waals surface area contributed by atoms with E-state index in [4.69, 9.17) is 10.7 Å². The number of halogens is 2. The summed E-state index contributed by atoms with van der Waals surface area (Å²) >= 11 is 3.29. The Morgan fingerprint density at radius 1 is 1.50 bits per heavy atom. The van der Waals surface area contributed by atoms with E-state index in [1.807, 2.05) is 24.3 Å². The van der Waals surface area contributed by atoms with Crippen molar-refractivity contribution in [3.8, 4) is 0 Å². The fourth-order valence-corrected chi connectivity index (χ4v) is 1.91. The summed E-state index contributed by atoms with van der Waals surface area (Å²) in [4.78, 5) is 0.0114. The molecular formula is C9H8BrClO2S. The van der Waals surface area contributed by atoms with Crippen molar-refractivity contribution < 1.29 is 8.42 Å². The van der Waals surface area contributed by atoms with Gasteiger partial charge in [0.2, 0.25) is 0 Å². The lowest BCUT2D eigenvalue weighted by molar-refractivity contribution is 0.614. The third kappa shape index (κ3) is 3.44. The third-order valence-electron chi connectivity index (χ3n) is 1.64. The summed E-state index contributed by atoms with van der Waals surface area (Å²) in [6.07, 6.45) is 0.241. The predicted molar refractivity (Wildman–Crippen MR) is 61.8 cm³/mol. The third-order valence-corrected chi connectivity index (χ3v) is 3.62. The van der Waals surface area contributed by atoms with Crippen LogP contribution in [0.25, 0.3) is 0 Å². The maximum atomic E-state index is 10.9. The second kappa shape index (κ2) is 4.47. The van der Waals surface area contributed by atoms with Gasteiger partial charge >= 0.3 is 0 Å². The highest BCUT2D eigenvalue weighted by atomic mass is 79.9. The normalized spacial score (nSPS) is 11.3. The molecule has 0 atom stereocenters. The molecular weight excluding hydrogens is 288 g/mol. The highest BCUT2D eigenvalue weighted by Gasteiger charge is 2.11. The summed E-state index contributed by atoms with van der Waals surface area (Å²) in [5.74, 6) is 0. The fraction of sp³-hybridized carbons (Fsp3) is 0.111. The van der Waals surface area contributed by atoms with E-state index in [1.54, 1.807) is 0 Å². The molecule has 1 aromatic rings. The predicted octanol–water partition coefficient (Wildman–Crippen LogP) is 3.07. The zero-order valence-electron chi connectivity index (χ0n) is 7.20. The van der Waals surface area contributed by atoms with Crippen molar-refractivity contribution in [3.63, 3.8) is 0 Å². The maximum absolute atomic E-state index is 10.9. The molecule has 2 nitrogen and oxygen atoms in total. The molecule has 1 rings (SSSR count). The zero-order chi connectivity index (χ0) is 10.8. The minimum Gasteiger partial charge on any atom is -0.207 e. The lowest BCUT2D eigenvalue weighted by Gasteiger charge is -2.02.